The molecule has 0 aliphatic rings. The lowest BCUT2D eigenvalue weighted by molar-refractivity contribution is -0.119. The third-order valence-corrected chi connectivity index (χ3v) is 4.26. The molecule has 118 valence electrons. The summed E-state index contributed by atoms with van der Waals surface area (Å²) in [5.74, 6) is 0.645. The second-order valence-electron chi connectivity index (χ2n) is 4.78. The van der Waals surface area contributed by atoms with Gasteiger partial charge in [0.25, 0.3) is 0 Å². The van der Waals surface area contributed by atoms with E-state index in [1.807, 2.05) is 31.2 Å². The minimum atomic E-state index is -0.116. The molecule has 3 aromatic rings. The van der Waals surface area contributed by atoms with Gasteiger partial charge in [-0.1, -0.05) is 18.3 Å². The van der Waals surface area contributed by atoms with Crippen molar-refractivity contribution >= 4 is 45.2 Å². The fraction of sp³-hybridized carbons (Fsp3) is 0.214. The molecule has 2 N–H and O–H groups in total. The Morgan fingerprint density at radius 2 is 2.04 bits per heavy atom. The Morgan fingerprint density at radius 1 is 1.30 bits per heavy atom. The zero-order chi connectivity index (χ0) is 16.4. The van der Waals surface area contributed by atoms with Crippen molar-refractivity contribution in [3.8, 4) is 10.6 Å². The maximum absolute atomic E-state index is 11.3. The van der Waals surface area contributed by atoms with Gasteiger partial charge < -0.3 is 10.6 Å². The van der Waals surface area contributed by atoms with Crippen LogP contribution in [0.4, 0.5) is 5.69 Å². The van der Waals surface area contributed by atoms with Crippen molar-refractivity contribution in [2.45, 2.75) is 20.3 Å². The standard InChI is InChI=1S/C14H14N6OS2/c1-3-11(21)16-13(22)15-10-6-4-9(5-7-10)12-19-20-8(2)17-18-14(20)23-12/h4-7H,3H2,1-2H3,(H2,15,16,21,22). The van der Waals surface area contributed by atoms with Gasteiger partial charge in [0.1, 0.15) is 5.01 Å². The van der Waals surface area contributed by atoms with Crippen LogP contribution in [0.25, 0.3) is 15.5 Å². The summed E-state index contributed by atoms with van der Waals surface area (Å²) in [4.78, 5) is 12.0. The van der Waals surface area contributed by atoms with Crippen molar-refractivity contribution in [2.24, 2.45) is 0 Å². The highest BCUT2D eigenvalue weighted by atomic mass is 32.1. The maximum atomic E-state index is 11.3. The summed E-state index contributed by atoms with van der Waals surface area (Å²) >= 11 is 6.56. The van der Waals surface area contributed by atoms with E-state index in [2.05, 4.69) is 25.9 Å². The van der Waals surface area contributed by atoms with Gasteiger partial charge in [0.05, 0.1) is 0 Å². The molecule has 23 heavy (non-hydrogen) atoms. The van der Waals surface area contributed by atoms with Gasteiger partial charge in [-0.05, 0) is 43.4 Å². The van der Waals surface area contributed by atoms with Crippen molar-refractivity contribution in [3.63, 3.8) is 0 Å². The number of hydrogen-bond acceptors (Lipinski definition) is 6. The van der Waals surface area contributed by atoms with Crippen LogP contribution in [0.5, 0.6) is 0 Å². The largest absolute Gasteiger partial charge is 0.332 e. The predicted octanol–water partition coefficient (Wildman–Crippen LogP) is 2.38. The van der Waals surface area contributed by atoms with Gasteiger partial charge in [0.2, 0.25) is 10.9 Å². The Labute approximate surface area is 141 Å². The third-order valence-electron chi connectivity index (χ3n) is 3.11. The molecule has 0 bridgehead atoms. The van der Waals surface area contributed by atoms with E-state index in [1.54, 1.807) is 11.4 Å². The van der Waals surface area contributed by atoms with Crippen molar-refractivity contribution in [3.05, 3.63) is 30.1 Å². The minimum Gasteiger partial charge on any atom is -0.332 e. The number of nitrogens with one attached hydrogen (secondary N) is 2. The summed E-state index contributed by atoms with van der Waals surface area (Å²) in [5, 5.41) is 19.2. The van der Waals surface area contributed by atoms with Gasteiger partial charge in [-0.3, -0.25) is 4.79 Å². The molecule has 9 heteroatoms. The Hall–Kier alpha value is -2.39. The average molecular weight is 346 g/mol. The quantitative estimate of drug-likeness (QED) is 0.709. The minimum absolute atomic E-state index is 0.116. The van der Waals surface area contributed by atoms with E-state index >= 15 is 0 Å². The van der Waals surface area contributed by atoms with Crippen molar-refractivity contribution < 1.29 is 4.79 Å². The molecule has 0 unspecified atom stereocenters. The monoisotopic (exact) mass is 346 g/mol. The average Bonchev–Trinajstić information content (AvgIpc) is 3.10. The van der Waals surface area contributed by atoms with Gasteiger partial charge in [-0.25, -0.2) is 0 Å². The number of fused-ring (bicyclic) bond motifs is 1. The predicted molar refractivity (Wildman–Crippen MR) is 93.5 cm³/mol. The summed E-state index contributed by atoms with van der Waals surface area (Å²) in [7, 11) is 0. The molecule has 3 rings (SSSR count). The van der Waals surface area contributed by atoms with Crippen LogP contribution in [0.15, 0.2) is 24.3 Å². The Balaban J connectivity index is 1.73. The molecule has 0 aliphatic heterocycles. The summed E-state index contributed by atoms with van der Waals surface area (Å²) < 4.78 is 1.72. The Bertz CT molecular complexity index is 867. The number of amides is 1. The summed E-state index contributed by atoms with van der Waals surface area (Å²) in [6, 6.07) is 7.64. The number of thiocarbonyl (C=S) groups is 1. The fourth-order valence-electron chi connectivity index (χ4n) is 1.90. The number of carbonyl (C=O) groups excluding carboxylic acids is 1. The molecule has 0 atom stereocenters. The Morgan fingerprint density at radius 3 is 2.70 bits per heavy atom. The van der Waals surface area contributed by atoms with Crippen LogP contribution >= 0.6 is 23.6 Å². The van der Waals surface area contributed by atoms with Gasteiger partial charge in [0.15, 0.2) is 10.9 Å². The molecule has 1 aromatic carbocycles. The van der Waals surface area contributed by atoms with Crippen LogP contribution < -0.4 is 10.6 Å². The van der Waals surface area contributed by atoms with E-state index in [0.717, 1.165) is 27.0 Å². The van der Waals surface area contributed by atoms with Crippen molar-refractivity contribution in [1.82, 2.24) is 25.1 Å². The first-order chi connectivity index (χ1) is 11.1. The first-order valence-electron chi connectivity index (χ1n) is 6.97. The molecular formula is C14H14N6OS2. The number of benzene rings is 1. The van der Waals surface area contributed by atoms with Crippen LogP contribution in [0.3, 0.4) is 0 Å². The molecule has 0 fully saturated rings. The van der Waals surface area contributed by atoms with Gasteiger partial charge in [0, 0.05) is 17.7 Å². The van der Waals surface area contributed by atoms with Crippen LogP contribution in [-0.2, 0) is 4.79 Å². The number of hydrogen-bond donors (Lipinski definition) is 2. The van der Waals surface area contributed by atoms with Crippen LogP contribution in [0.2, 0.25) is 0 Å². The highest BCUT2D eigenvalue weighted by Gasteiger charge is 2.10. The molecule has 2 heterocycles. The number of nitrogens with zero attached hydrogens (tertiary/aromatic N) is 4. The lowest BCUT2D eigenvalue weighted by Gasteiger charge is -2.08. The maximum Gasteiger partial charge on any atom is 0.234 e. The van der Waals surface area contributed by atoms with E-state index in [4.69, 9.17) is 12.2 Å². The highest BCUT2D eigenvalue weighted by Crippen LogP contribution is 2.26. The normalized spacial score (nSPS) is 10.7. The van der Waals surface area contributed by atoms with Crippen LogP contribution in [-0.4, -0.2) is 30.8 Å². The number of aromatic nitrogens is 4. The smallest absolute Gasteiger partial charge is 0.234 e. The van der Waals surface area contributed by atoms with E-state index in [-0.39, 0.29) is 5.91 Å². The lowest BCUT2D eigenvalue weighted by atomic mass is 10.2. The number of anilines is 1. The SMILES string of the molecule is CCC(=O)NC(=S)Nc1ccc(-c2nn3c(C)nnc3s2)cc1. The van der Waals surface area contributed by atoms with Crippen molar-refractivity contribution in [1.29, 1.82) is 0 Å². The topological polar surface area (TPSA) is 84.2 Å². The zero-order valence-electron chi connectivity index (χ0n) is 12.5. The van der Waals surface area contributed by atoms with Crippen LogP contribution in [0, 0.1) is 6.92 Å². The molecule has 0 saturated carbocycles. The fourth-order valence-corrected chi connectivity index (χ4v) is 3.03. The highest BCUT2D eigenvalue weighted by molar-refractivity contribution is 7.80. The zero-order valence-corrected chi connectivity index (χ0v) is 14.2. The second kappa shape index (κ2) is 6.39. The third kappa shape index (κ3) is 3.35. The van der Waals surface area contributed by atoms with E-state index in [1.165, 1.54) is 11.3 Å². The van der Waals surface area contributed by atoms with Crippen LogP contribution in [0.1, 0.15) is 19.2 Å². The number of rotatable bonds is 3. The first kappa shape index (κ1) is 15.5. The molecule has 2 aromatic heterocycles. The molecule has 0 aliphatic carbocycles. The van der Waals surface area contributed by atoms with E-state index < -0.39 is 0 Å². The van der Waals surface area contributed by atoms with Crippen molar-refractivity contribution in [2.75, 3.05) is 5.32 Å². The molecule has 0 saturated heterocycles. The molecular weight excluding hydrogens is 332 g/mol. The summed E-state index contributed by atoms with van der Waals surface area (Å²) in [6.07, 6.45) is 0.390. The second-order valence-corrected chi connectivity index (χ2v) is 6.15. The molecule has 7 nitrogen and oxygen atoms in total. The molecule has 1 amide bonds. The number of aryl methyl sites for hydroxylation is 1. The lowest BCUT2D eigenvalue weighted by Crippen LogP contribution is -2.33. The van der Waals surface area contributed by atoms with Gasteiger partial charge >= 0.3 is 0 Å². The number of carbonyl (C=O) groups is 1. The van der Waals surface area contributed by atoms with Gasteiger partial charge in [-0.2, -0.15) is 9.61 Å². The molecule has 0 spiro atoms. The van der Waals surface area contributed by atoms with Gasteiger partial charge in [-0.15, -0.1) is 10.2 Å². The first-order valence-corrected chi connectivity index (χ1v) is 8.19. The van der Waals surface area contributed by atoms with E-state index in [9.17, 15) is 4.79 Å². The summed E-state index contributed by atoms with van der Waals surface area (Å²) in [6.45, 7) is 3.64. The Kier molecular flexibility index (Phi) is 4.30. The molecule has 0 radical (unpaired) electrons. The summed E-state index contributed by atoms with van der Waals surface area (Å²) in [5.41, 5.74) is 1.78. The van der Waals surface area contributed by atoms with E-state index in [0.29, 0.717) is 11.5 Å².